The fourth-order valence-electron chi connectivity index (χ4n) is 2.02. The van der Waals surface area contributed by atoms with Crippen LogP contribution in [0.2, 0.25) is 5.02 Å². The molecule has 1 aromatic heterocycles. The molecule has 0 fully saturated rings. The maximum Gasteiger partial charge on any atom is 0.305 e. The monoisotopic (exact) mass is 337 g/mol. The van der Waals surface area contributed by atoms with Crippen molar-refractivity contribution in [3.05, 3.63) is 39.9 Å². The highest BCUT2D eigenvalue weighted by molar-refractivity contribution is 6.31. The number of benzene rings is 1. The van der Waals surface area contributed by atoms with Crippen molar-refractivity contribution in [3.63, 3.8) is 0 Å². The van der Waals surface area contributed by atoms with Crippen molar-refractivity contribution in [2.24, 2.45) is 0 Å². The molecule has 0 aliphatic heterocycles. The number of esters is 1. The number of carbonyl (C=O) groups is 2. The zero-order valence-electron chi connectivity index (χ0n) is 12.5. The van der Waals surface area contributed by atoms with Crippen LogP contribution in [0.3, 0.4) is 0 Å². The zero-order chi connectivity index (χ0) is 16.8. The van der Waals surface area contributed by atoms with Gasteiger partial charge in [0.25, 0.3) is 5.56 Å². The molecule has 1 N–H and O–H groups in total. The molecule has 0 aliphatic carbocycles. The topological polar surface area (TPSA) is 90.3 Å². The summed E-state index contributed by atoms with van der Waals surface area (Å²) in [6.07, 6.45) is 2.03. The van der Waals surface area contributed by atoms with E-state index in [2.05, 4.69) is 15.0 Å². The first-order chi connectivity index (χ1) is 11.0. The van der Waals surface area contributed by atoms with Gasteiger partial charge in [0.2, 0.25) is 5.91 Å². The summed E-state index contributed by atoms with van der Waals surface area (Å²) in [7, 11) is 1.31. The van der Waals surface area contributed by atoms with Gasteiger partial charge in [-0.15, -0.1) is 0 Å². The first kappa shape index (κ1) is 17.0. The number of amides is 1. The summed E-state index contributed by atoms with van der Waals surface area (Å²) in [4.78, 5) is 39.2. The predicted molar refractivity (Wildman–Crippen MR) is 85.3 cm³/mol. The molecule has 1 heterocycles. The summed E-state index contributed by atoms with van der Waals surface area (Å²) in [5, 5.41) is 3.43. The Hall–Kier alpha value is -2.41. The van der Waals surface area contributed by atoms with E-state index >= 15 is 0 Å². The van der Waals surface area contributed by atoms with Gasteiger partial charge in [0, 0.05) is 18.0 Å². The predicted octanol–water partition coefficient (Wildman–Crippen LogP) is 1.12. The molecule has 2 rings (SSSR count). The molecular formula is C15H16ClN3O4. The maximum atomic E-state index is 12.3. The van der Waals surface area contributed by atoms with E-state index in [1.54, 1.807) is 12.1 Å². The molecule has 0 spiro atoms. The van der Waals surface area contributed by atoms with Gasteiger partial charge in [-0.05, 0) is 24.6 Å². The van der Waals surface area contributed by atoms with Gasteiger partial charge in [-0.3, -0.25) is 19.0 Å². The smallest absolute Gasteiger partial charge is 0.305 e. The number of methoxy groups -OCH3 is 1. The van der Waals surface area contributed by atoms with Crippen LogP contribution >= 0.6 is 11.6 Å². The molecule has 0 atom stereocenters. The molecule has 0 bridgehead atoms. The molecule has 2 aromatic rings. The Kier molecular flexibility index (Phi) is 5.70. The van der Waals surface area contributed by atoms with Crippen molar-refractivity contribution in [3.8, 4) is 0 Å². The number of carbonyl (C=O) groups excluding carboxylic acids is 2. The third-order valence-corrected chi connectivity index (χ3v) is 3.44. The van der Waals surface area contributed by atoms with E-state index in [4.69, 9.17) is 11.6 Å². The molecule has 7 nitrogen and oxygen atoms in total. The Morgan fingerprint density at radius 2 is 2.17 bits per heavy atom. The van der Waals surface area contributed by atoms with Crippen LogP contribution in [0, 0.1) is 0 Å². The van der Waals surface area contributed by atoms with E-state index in [1.165, 1.54) is 24.1 Å². The zero-order valence-corrected chi connectivity index (χ0v) is 13.3. The lowest BCUT2D eigenvalue weighted by Gasteiger charge is -2.08. The maximum absolute atomic E-state index is 12.3. The number of nitrogens with zero attached hydrogens (tertiary/aromatic N) is 2. The van der Waals surface area contributed by atoms with Crippen LogP contribution in [0.15, 0.2) is 29.3 Å². The van der Waals surface area contributed by atoms with Crippen molar-refractivity contribution in [1.82, 2.24) is 14.9 Å². The first-order valence-corrected chi connectivity index (χ1v) is 7.37. The second kappa shape index (κ2) is 7.73. The first-order valence-electron chi connectivity index (χ1n) is 6.99. The van der Waals surface area contributed by atoms with Crippen molar-refractivity contribution in [2.45, 2.75) is 19.4 Å². The van der Waals surface area contributed by atoms with Crippen LogP contribution in [-0.2, 0) is 20.9 Å². The fraction of sp³-hybridized carbons (Fsp3) is 0.333. The van der Waals surface area contributed by atoms with Gasteiger partial charge in [0.15, 0.2) is 0 Å². The van der Waals surface area contributed by atoms with Crippen LogP contribution in [0.1, 0.15) is 12.8 Å². The van der Waals surface area contributed by atoms with Gasteiger partial charge in [0.1, 0.15) is 6.54 Å². The number of fused-ring (bicyclic) bond motifs is 1. The third-order valence-electron chi connectivity index (χ3n) is 3.21. The van der Waals surface area contributed by atoms with Gasteiger partial charge in [-0.25, -0.2) is 4.98 Å². The average molecular weight is 338 g/mol. The Labute approximate surface area is 137 Å². The molecular weight excluding hydrogens is 322 g/mol. The van der Waals surface area contributed by atoms with Gasteiger partial charge in [-0.2, -0.15) is 0 Å². The molecule has 0 aliphatic rings. The van der Waals surface area contributed by atoms with E-state index in [0.29, 0.717) is 28.9 Å². The lowest BCUT2D eigenvalue weighted by molar-refractivity contribution is -0.140. The van der Waals surface area contributed by atoms with Crippen molar-refractivity contribution in [2.75, 3.05) is 13.7 Å². The second-order valence-electron chi connectivity index (χ2n) is 4.87. The van der Waals surface area contributed by atoms with Gasteiger partial charge in [-0.1, -0.05) is 11.6 Å². The molecule has 0 unspecified atom stereocenters. The van der Waals surface area contributed by atoms with Crippen LogP contribution in [-0.4, -0.2) is 35.1 Å². The van der Waals surface area contributed by atoms with Crippen LogP contribution < -0.4 is 10.9 Å². The molecule has 1 amide bonds. The number of rotatable bonds is 6. The highest BCUT2D eigenvalue weighted by Gasteiger charge is 2.09. The highest BCUT2D eigenvalue weighted by atomic mass is 35.5. The minimum Gasteiger partial charge on any atom is -0.469 e. The Morgan fingerprint density at radius 3 is 2.91 bits per heavy atom. The standard InChI is InChI=1S/C15H16ClN3O4/c1-23-14(21)3-2-6-17-13(20)8-19-9-18-12-5-4-10(16)7-11(12)15(19)22/h4-5,7,9H,2-3,6,8H2,1H3,(H,17,20). The summed E-state index contributed by atoms with van der Waals surface area (Å²) in [5.41, 5.74) is 0.191. The minimum absolute atomic E-state index is 0.146. The van der Waals surface area contributed by atoms with Crippen molar-refractivity contribution >= 4 is 34.4 Å². The lowest BCUT2D eigenvalue weighted by atomic mass is 10.2. The largest absolute Gasteiger partial charge is 0.469 e. The third kappa shape index (κ3) is 4.53. The summed E-state index contributed by atoms with van der Waals surface area (Å²) >= 11 is 5.88. The molecule has 0 radical (unpaired) electrons. The summed E-state index contributed by atoms with van der Waals surface area (Å²) in [5.74, 6) is -0.661. The van der Waals surface area contributed by atoms with Crippen molar-refractivity contribution < 1.29 is 14.3 Å². The molecule has 8 heteroatoms. The fourth-order valence-corrected chi connectivity index (χ4v) is 2.19. The number of ether oxygens (including phenoxy) is 1. The summed E-state index contributed by atoms with van der Waals surface area (Å²) in [6.45, 7) is 0.183. The SMILES string of the molecule is COC(=O)CCCNC(=O)Cn1cnc2ccc(Cl)cc2c1=O. The normalized spacial score (nSPS) is 10.5. The summed E-state index contributed by atoms with van der Waals surface area (Å²) in [6, 6.07) is 4.82. The lowest BCUT2D eigenvalue weighted by Crippen LogP contribution is -2.33. The average Bonchev–Trinajstić information content (AvgIpc) is 2.54. The van der Waals surface area contributed by atoms with Crippen LogP contribution in [0.5, 0.6) is 0 Å². The van der Waals surface area contributed by atoms with E-state index < -0.39 is 0 Å². The Morgan fingerprint density at radius 1 is 1.39 bits per heavy atom. The van der Waals surface area contributed by atoms with Crippen LogP contribution in [0.4, 0.5) is 0 Å². The quantitative estimate of drug-likeness (QED) is 0.630. The number of halogens is 1. The molecule has 23 heavy (non-hydrogen) atoms. The number of aromatic nitrogens is 2. The molecule has 122 valence electrons. The molecule has 0 saturated carbocycles. The minimum atomic E-state index is -0.333. The van der Waals surface area contributed by atoms with E-state index in [9.17, 15) is 14.4 Å². The van der Waals surface area contributed by atoms with E-state index in [1.807, 2.05) is 0 Å². The Bertz CT molecular complexity index is 788. The van der Waals surface area contributed by atoms with Crippen molar-refractivity contribution in [1.29, 1.82) is 0 Å². The summed E-state index contributed by atoms with van der Waals surface area (Å²) < 4.78 is 5.72. The van der Waals surface area contributed by atoms with Gasteiger partial charge in [0.05, 0.1) is 24.3 Å². The van der Waals surface area contributed by atoms with Crippen LogP contribution in [0.25, 0.3) is 10.9 Å². The Balaban J connectivity index is 1.98. The van der Waals surface area contributed by atoms with E-state index in [0.717, 1.165) is 0 Å². The number of nitrogens with one attached hydrogen (secondary N) is 1. The molecule has 1 aromatic carbocycles. The highest BCUT2D eigenvalue weighted by Crippen LogP contribution is 2.13. The van der Waals surface area contributed by atoms with E-state index in [-0.39, 0.29) is 30.4 Å². The second-order valence-corrected chi connectivity index (χ2v) is 5.31. The molecule has 0 saturated heterocycles. The van der Waals surface area contributed by atoms with Gasteiger partial charge < -0.3 is 10.1 Å². The number of hydrogen-bond donors (Lipinski definition) is 1. The van der Waals surface area contributed by atoms with Gasteiger partial charge >= 0.3 is 5.97 Å². The number of hydrogen-bond acceptors (Lipinski definition) is 5.